The number of halogens is 1. The van der Waals surface area contributed by atoms with Gasteiger partial charge >= 0.3 is 0 Å². The molecule has 0 N–H and O–H groups in total. The summed E-state index contributed by atoms with van der Waals surface area (Å²) in [5.41, 5.74) is 2.55. The van der Waals surface area contributed by atoms with Crippen LogP contribution in [0.15, 0.2) is 41.1 Å². The lowest BCUT2D eigenvalue weighted by Crippen LogP contribution is -2.29. The summed E-state index contributed by atoms with van der Waals surface area (Å²) < 4.78 is 12.1. The summed E-state index contributed by atoms with van der Waals surface area (Å²) >= 11 is 6.29. The van der Waals surface area contributed by atoms with Gasteiger partial charge in [0.2, 0.25) is 0 Å². The van der Waals surface area contributed by atoms with Crippen LogP contribution in [0.3, 0.4) is 0 Å². The normalized spacial score (nSPS) is 16.2. The molecule has 1 aromatic carbocycles. The maximum absolute atomic E-state index is 13.0. The zero-order valence-electron chi connectivity index (χ0n) is 14.3. The molecular formula is C18H17ClN4O3. The third-order valence-electron chi connectivity index (χ3n) is 4.66. The Balaban J connectivity index is 1.70. The molecule has 1 atom stereocenters. The molecule has 0 fully saturated rings. The fourth-order valence-corrected chi connectivity index (χ4v) is 3.57. The average molecular weight is 373 g/mol. The fourth-order valence-electron chi connectivity index (χ4n) is 3.33. The van der Waals surface area contributed by atoms with Gasteiger partial charge in [-0.05, 0) is 16.8 Å². The Kier molecular flexibility index (Phi) is 4.16. The van der Waals surface area contributed by atoms with Crippen molar-refractivity contribution in [3.05, 3.63) is 64.1 Å². The van der Waals surface area contributed by atoms with Gasteiger partial charge in [0.25, 0.3) is 11.8 Å². The topological polar surface area (TPSA) is 73.4 Å². The summed E-state index contributed by atoms with van der Waals surface area (Å²) in [6.07, 6.45) is 2.18. The first kappa shape index (κ1) is 16.7. The number of carbonyl (C=O) groups excluding carboxylic acids is 1. The van der Waals surface area contributed by atoms with E-state index < -0.39 is 0 Å². The molecule has 0 aliphatic carbocycles. The molecule has 0 bridgehead atoms. The van der Waals surface area contributed by atoms with Crippen molar-refractivity contribution in [2.45, 2.75) is 19.0 Å². The number of hydrogen-bond acceptors (Lipinski definition) is 5. The van der Waals surface area contributed by atoms with Gasteiger partial charge < -0.3 is 14.2 Å². The van der Waals surface area contributed by atoms with Gasteiger partial charge in [-0.1, -0.05) is 29.8 Å². The monoisotopic (exact) mass is 372 g/mol. The first-order valence-electron chi connectivity index (χ1n) is 8.14. The first-order valence-corrected chi connectivity index (χ1v) is 8.52. The number of ether oxygens (including phenoxy) is 1. The molecule has 4 rings (SSSR count). The van der Waals surface area contributed by atoms with Gasteiger partial charge in [0.15, 0.2) is 5.76 Å². The van der Waals surface area contributed by atoms with Crippen molar-refractivity contribution in [2.24, 2.45) is 7.05 Å². The van der Waals surface area contributed by atoms with Crippen molar-refractivity contribution >= 4 is 17.5 Å². The van der Waals surface area contributed by atoms with Crippen molar-refractivity contribution < 1.29 is 14.1 Å². The number of methoxy groups -OCH3 is 1. The summed E-state index contributed by atoms with van der Waals surface area (Å²) in [5.74, 6) is 0.902. The fraction of sp³-hybridized carbons (Fsp3) is 0.278. The smallest absolute Gasteiger partial charge is 0.255 e. The number of aromatic nitrogens is 3. The second kappa shape index (κ2) is 6.49. The molecular weight excluding hydrogens is 356 g/mol. The summed E-state index contributed by atoms with van der Waals surface area (Å²) in [6.45, 7) is 0.296. The van der Waals surface area contributed by atoms with Gasteiger partial charge in [0.1, 0.15) is 0 Å². The van der Waals surface area contributed by atoms with E-state index in [0.29, 0.717) is 35.2 Å². The van der Waals surface area contributed by atoms with Crippen molar-refractivity contribution in [3.8, 4) is 5.88 Å². The molecule has 0 spiro atoms. The minimum Gasteiger partial charge on any atom is -0.479 e. The highest BCUT2D eigenvalue weighted by molar-refractivity contribution is 6.31. The lowest BCUT2D eigenvalue weighted by molar-refractivity contribution is 0.0688. The SMILES string of the molecule is COc1cc(CN2C(=O)c3ccccc3C2Cc2c(Cl)cnn2C)on1. The summed E-state index contributed by atoms with van der Waals surface area (Å²) in [6, 6.07) is 9.14. The molecule has 26 heavy (non-hydrogen) atoms. The molecule has 1 amide bonds. The number of hydrogen-bond donors (Lipinski definition) is 0. The number of rotatable bonds is 5. The predicted octanol–water partition coefficient (Wildman–Crippen LogP) is 3.01. The van der Waals surface area contributed by atoms with Crippen LogP contribution >= 0.6 is 11.6 Å². The van der Waals surface area contributed by atoms with Crippen LogP contribution in [0.1, 0.15) is 33.4 Å². The van der Waals surface area contributed by atoms with Crippen molar-refractivity contribution in [1.29, 1.82) is 0 Å². The summed E-state index contributed by atoms with van der Waals surface area (Å²) in [4.78, 5) is 14.7. The number of amides is 1. The Bertz CT molecular complexity index is 946. The molecule has 1 unspecified atom stereocenters. The van der Waals surface area contributed by atoms with E-state index in [0.717, 1.165) is 11.3 Å². The molecule has 0 radical (unpaired) electrons. The molecule has 8 heteroatoms. The molecule has 0 saturated carbocycles. The van der Waals surface area contributed by atoms with E-state index >= 15 is 0 Å². The van der Waals surface area contributed by atoms with Crippen LogP contribution in [-0.2, 0) is 20.0 Å². The van der Waals surface area contributed by atoms with E-state index in [2.05, 4.69) is 10.3 Å². The van der Waals surface area contributed by atoms with Gasteiger partial charge in [-0.3, -0.25) is 9.48 Å². The molecule has 134 valence electrons. The molecule has 0 saturated heterocycles. The number of carbonyl (C=O) groups is 1. The minimum atomic E-state index is -0.164. The Morgan fingerprint density at radius 1 is 1.35 bits per heavy atom. The lowest BCUT2D eigenvalue weighted by atomic mass is 10.0. The van der Waals surface area contributed by atoms with Crippen molar-refractivity contribution in [3.63, 3.8) is 0 Å². The van der Waals surface area contributed by atoms with Gasteiger partial charge in [0, 0.05) is 25.1 Å². The highest BCUT2D eigenvalue weighted by Crippen LogP contribution is 2.38. The maximum Gasteiger partial charge on any atom is 0.255 e. The third kappa shape index (κ3) is 2.74. The predicted molar refractivity (Wildman–Crippen MR) is 94.0 cm³/mol. The van der Waals surface area contributed by atoms with E-state index in [1.807, 2.05) is 31.3 Å². The van der Waals surface area contributed by atoms with Crippen molar-refractivity contribution in [1.82, 2.24) is 19.8 Å². The molecule has 2 aromatic heterocycles. The second-order valence-electron chi connectivity index (χ2n) is 6.14. The molecule has 7 nitrogen and oxygen atoms in total. The molecule has 3 heterocycles. The zero-order chi connectivity index (χ0) is 18.3. The highest BCUT2D eigenvalue weighted by atomic mass is 35.5. The number of fused-ring (bicyclic) bond motifs is 1. The number of benzene rings is 1. The molecule has 1 aliphatic rings. The van der Waals surface area contributed by atoms with Crippen LogP contribution in [0.25, 0.3) is 0 Å². The quantitative estimate of drug-likeness (QED) is 0.688. The van der Waals surface area contributed by atoms with Crippen LogP contribution < -0.4 is 4.74 Å². The second-order valence-corrected chi connectivity index (χ2v) is 6.55. The van der Waals surface area contributed by atoms with Crippen LogP contribution in [0.2, 0.25) is 5.02 Å². The zero-order valence-corrected chi connectivity index (χ0v) is 15.1. The van der Waals surface area contributed by atoms with E-state index in [1.54, 1.807) is 21.8 Å². The van der Waals surface area contributed by atoms with Crippen LogP contribution in [0, 0.1) is 0 Å². The third-order valence-corrected chi connectivity index (χ3v) is 4.97. The number of nitrogens with zero attached hydrogens (tertiary/aromatic N) is 4. The summed E-state index contributed by atoms with van der Waals surface area (Å²) in [5, 5.41) is 8.59. The molecule has 1 aliphatic heterocycles. The van der Waals surface area contributed by atoms with Gasteiger partial charge in [-0.2, -0.15) is 5.10 Å². The minimum absolute atomic E-state index is 0.0424. The van der Waals surface area contributed by atoms with E-state index in [9.17, 15) is 4.79 Å². The van der Waals surface area contributed by atoms with E-state index in [1.165, 1.54) is 7.11 Å². The van der Waals surface area contributed by atoms with E-state index in [-0.39, 0.29) is 11.9 Å². The largest absolute Gasteiger partial charge is 0.479 e. The van der Waals surface area contributed by atoms with Gasteiger partial charge in [-0.25, -0.2) is 0 Å². The lowest BCUT2D eigenvalue weighted by Gasteiger charge is -2.24. The summed E-state index contributed by atoms with van der Waals surface area (Å²) in [7, 11) is 3.36. The van der Waals surface area contributed by atoms with Crippen LogP contribution in [-0.4, -0.2) is 32.9 Å². The Labute approximate surface area is 155 Å². The van der Waals surface area contributed by atoms with Crippen molar-refractivity contribution in [2.75, 3.05) is 7.11 Å². The standard InChI is InChI=1S/C18H17ClN4O3/c1-22-16(14(19)9-20-22)8-15-12-5-3-4-6-13(12)18(24)23(15)10-11-7-17(25-2)21-26-11/h3-7,9,15H,8,10H2,1-2H3. The number of aryl methyl sites for hydroxylation is 1. The Morgan fingerprint density at radius 3 is 2.85 bits per heavy atom. The van der Waals surface area contributed by atoms with Gasteiger partial charge in [0.05, 0.1) is 36.6 Å². The average Bonchev–Trinajstić information content (AvgIpc) is 3.31. The Hall–Kier alpha value is -2.80. The van der Waals surface area contributed by atoms with Gasteiger partial charge in [-0.15, -0.1) is 0 Å². The highest BCUT2D eigenvalue weighted by Gasteiger charge is 2.37. The molecule has 3 aromatic rings. The van der Waals surface area contributed by atoms with E-state index in [4.69, 9.17) is 20.9 Å². The Morgan fingerprint density at radius 2 is 2.15 bits per heavy atom. The maximum atomic E-state index is 13.0. The van der Waals surface area contributed by atoms with Crippen LogP contribution in [0.4, 0.5) is 0 Å². The van der Waals surface area contributed by atoms with Crippen LogP contribution in [0.5, 0.6) is 5.88 Å². The first-order chi connectivity index (χ1) is 12.6.